The van der Waals surface area contributed by atoms with E-state index in [0.717, 1.165) is 31.6 Å². The molecule has 0 bridgehead atoms. The number of aliphatic hydroxyl groups excluding tert-OH is 1. The molecule has 1 unspecified atom stereocenters. The Hall–Kier alpha value is -1.55. The molecule has 1 aliphatic heterocycles. The number of amides is 1. The summed E-state index contributed by atoms with van der Waals surface area (Å²) < 4.78 is 4.61. The van der Waals surface area contributed by atoms with Crippen LogP contribution in [0.15, 0.2) is 11.4 Å². The fourth-order valence-electron chi connectivity index (χ4n) is 2.23. The summed E-state index contributed by atoms with van der Waals surface area (Å²) in [6.45, 7) is 2.47. The maximum absolute atomic E-state index is 11.2. The van der Waals surface area contributed by atoms with Crippen LogP contribution in [0.4, 0.5) is 4.79 Å². The van der Waals surface area contributed by atoms with Crippen molar-refractivity contribution in [3.8, 4) is 11.8 Å². The molecular weight excluding hydrogens is 276 g/mol. The van der Waals surface area contributed by atoms with Gasteiger partial charge in [0, 0.05) is 36.1 Å². The van der Waals surface area contributed by atoms with Gasteiger partial charge in [-0.25, -0.2) is 4.79 Å². The normalized spacial score (nSPS) is 18.4. The molecule has 0 aliphatic carbocycles. The first-order chi connectivity index (χ1) is 9.72. The summed E-state index contributed by atoms with van der Waals surface area (Å²) >= 11 is 1.67. The maximum Gasteiger partial charge on any atom is 0.407 e. The van der Waals surface area contributed by atoms with E-state index in [1.807, 2.05) is 11.4 Å². The molecular formula is C14H18N2O3S. The summed E-state index contributed by atoms with van der Waals surface area (Å²) in [4.78, 5) is 14.7. The third kappa shape index (κ3) is 3.97. The minimum atomic E-state index is -0.373. The number of carbonyl (C=O) groups is 1. The SMILES string of the molecule is COC(=O)NC1CCN(Cc2sccc2C#CCO)C1. The Bertz CT molecular complexity index is 518. The summed E-state index contributed by atoms with van der Waals surface area (Å²) in [6.07, 6.45) is 0.556. The molecule has 0 saturated carbocycles. The van der Waals surface area contributed by atoms with Gasteiger partial charge >= 0.3 is 6.09 Å². The summed E-state index contributed by atoms with van der Waals surface area (Å²) in [5.41, 5.74) is 0.980. The molecule has 2 rings (SSSR count). The smallest absolute Gasteiger partial charge is 0.407 e. The van der Waals surface area contributed by atoms with Gasteiger partial charge in [-0.15, -0.1) is 11.3 Å². The fourth-order valence-corrected chi connectivity index (χ4v) is 3.10. The number of nitrogens with zero attached hydrogens (tertiary/aromatic N) is 1. The second-order valence-corrected chi connectivity index (χ2v) is 5.57. The lowest BCUT2D eigenvalue weighted by Gasteiger charge is -2.15. The van der Waals surface area contributed by atoms with Gasteiger partial charge < -0.3 is 15.2 Å². The van der Waals surface area contributed by atoms with E-state index in [2.05, 4.69) is 26.8 Å². The molecule has 108 valence electrons. The standard InChI is InChI=1S/C14H18N2O3S/c1-19-14(18)15-12-4-6-16(9-12)10-13-11(3-2-7-17)5-8-20-13/h5,8,12,17H,4,6-7,9-10H2,1H3,(H,15,18). The lowest BCUT2D eigenvalue weighted by molar-refractivity contribution is 0.166. The number of methoxy groups -OCH3 is 1. The summed E-state index contributed by atoms with van der Waals surface area (Å²) in [7, 11) is 1.37. The Labute approximate surface area is 122 Å². The van der Waals surface area contributed by atoms with Crippen molar-refractivity contribution in [2.75, 3.05) is 26.8 Å². The van der Waals surface area contributed by atoms with E-state index >= 15 is 0 Å². The quantitative estimate of drug-likeness (QED) is 0.817. The molecule has 0 aromatic carbocycles. The van der Waals surface area contributed by atoms with Crippen molar-refractivity contribution in [2.45, 2.75) is 19.0 Å². The number of ether oxygens (including phenoxy) is 1. The largest absolute Gasteiger partial charge is 0.453 e. The zero-order chi connectivity index (χ0) is 14.4. The van der Waals surface area contributed by atoms with Crippen LogP contribution < -0.4 is 5.32 Å². The van der Waals surface area contributed by atoms with Crippen LogP contribution in [-0.4, -0.2) is 48.9 Å². The van der Waals surface area contributed by atoms with Gasteiger partial charge in [0.2, 0.25) is 0 Å². The third-order valence-corrected chi connectivity index (χ3v) is 4.10. The number of rotatable bonds is 3. The van der Waals surface area contributed by atoms with Crippen molar-refractivity contribution in [3.05, 3.63) is 21.9 Å². The number of aliphatic hydroxyl groups is 1. The van der Waals surface area contributed by atoms with Gasteiger partial charge in [0.05, 0.1) is 7.11 Å². The van der Waals surface area contributed by atoms with Crippen LogP contribution in [0.25, 0.3) is 0 Å². The highest BCUT2D eigenvalue weighted by molar-refractivity contribution is 7.10. The van der Waals surface area contributed by atoms with E-state index in [9.17, 15) is 4.79 Å². The number of thiophene rings is 1. The Morgan fingerprint density at radius 3 is 3.30 bits per heavy atom. The third-order valence-electron chi connectivity index (χ3n) is 3.19. The van der Waals surface area contributed by atoms with Gasteiger partial charge in [-0.3, -0.25) is 4.90 Å². The molecule has 1 aromatic heterocycles. The average Bonchev–Trinajstić information content (AvgIpc) is 3.06. The van der Waals surface area contributed by atoms with Crippen LogP contribution in [0.5, 0.6) is 0 Å². The second-order valence-electron chi connectivity index (χ2n) is 4.57. The number of carbonyl (C=O) groups excluding carboxylic acids is 1. The number of hydrogen-bond acceptors (Lipinski definition) is 5. The van der Waals surface area contributed by atoms with Crippen molar-refractivity contribution >= 4 is 17.4 Å². The lowest BCUT2D eigenvalue weighted by Crippen LogP contribution is -2.36. The lowest BCUT2D eigenvalue weighted by atomic mass is 10.2. The molecule has 6 heteroatoms. The average molecular weight is 294 g/mol. The summed E-state index contributed by atoms with van der Waals surface area (Å²) in [5.74, 6) is 5.64. The highest BCUT2D eigenvalue weighted by Gasteiger charge is 2.24. The van der Waals surface area contributed by atoms with E-state index in [1.165, 1.54) is 12.0 Å². The van der Waals surface area contributed by atoms with Crippen molar-refractivity contribution in [2.24, 2.45) is 0 Å². The Morgan fingerprint density at radius 2 is 2.55 bits per heavy atom. The van der Waals surface area contributed by atoms with Gasteiger partial charge in [0.1, 0.15) is 6.61 Å². The van der Waals surface area contributed by atoms with E-state index in [4.69, 9.17) is 5.11 Å². The monoisotopic (exact) mass is 294 g/mol. The zero-order valence-corrected chi connectivity index (χ0v) is 12.2. The first-order valence-corrected chi connectivity index (χ1v) is 7.34. The van der Waals surface area contributed by atoms with Crippen molar-refractivity contribution in [3.63, 3.8) is 0 Å². The Kier molecular flexibility index (Phi) is 5.41. The first kappa shape index (κ1) is 14.9. The number of hydrogen-bond donors (Lipinski definition) is 2. The highest BCUT2D eigenvalue weighted by Crippen LogP contribution is 2.21. The van der Waals surface area contributed by atoms with E-state index in [-0.39, 0.29) is 18.7 Å². The van der Waals surface area contributed by atoms with Gasteiger partial charge in [-0.1, -0.05) is 11.8 Å². The van der Waals surface area contributed by atoms with Gasteiger partial charge in [-0.2, -0.15) is 0 Å². The van der Waals surface area contributed by atoms with Gasteiger partial charge in [0.15, 0.2) is 0 Å². The van der Waals surface area contributed by atoms with Crippen LogP contribution in [0.3, 0.4) is 0 Å². The van der Waals surface area contributed by atoms with Crippen LogP contribution in [0, 0.1) is 11.8 Å². The molecule has 1 amide bonds. The van der Waals surface area contributed by atoms with Crippen LogP contribution in [0.2, 0.25) is 0 Å². The van der Waals surface area contributed by atoms with Crippen molar-refractivity contribution in [1.29, 1.82) is 0 Å². The second kappa shape index (κ2) is 7.29. The van der Waals surface area contributed by atoms with Crippen LogP contribution in [0.1, 0.15) is 16.9 Å². The summed E-state index contributed by atoms with van der Waals surface area (Å²) in [5, 5.41) is 13.6. The predicted molar refractivity (Wildman–Crippen MR) is 77.5 cm³/mol. The Morgan fingerprint density at radius 1 is 1.70 bits per heavy atom. The molecule has 1 aromatic rings. The molecule has 2 N–H and O–H groups in total. The molecule has 2 heterocycles. The first-order valence-electron chi connectivity index (χ1n) is 6.46. The summed E-state index contributed by atoms with van der Waals surface area (Å²) in [6, 6.07) is 2.12. The minimum absolute atomic E-state index is 0.121. The molecule has 20 heavy (non-hydrogen) atoms. The molecule has 0 radical (unpaired) electrons. The molecule has 1 aliphatic rings. The van der Waals surface area contributed by atoms with Crippen LogP contribution in [-0.2, 0) is 11.3 Å². The molecule has 1 fully saturated rings. The number of likely N-dealkylation sites (tertiary alicyclic amines) is 1. The van der Waals surface area contributed by atoms with Gasteiger partial charge in [-0.05, 0) is 17.9 Å². The minimum Gasteiger partial charge on any atom is -0.453 e. The van der Waals surface area contributed by atoms with E-state index in [0.29, 0.717) is 0 Å². The maximum atomic E-state index is 11.2. The molecule has 1 atom stereocenters. The van der Waals surface area contributed by atoms with Gasteiger partial charge in [0.25, 0.3) is 0 Å². The molecule has 1 saturated heterocycles. The fraction of sp³-hybridized carbons (Fsp3) is 0.500. The Balaban J connectivity index is 1.89. The topological polar surface area (TPSA) is 61.8 Å². The highest BCUT2D eigenvalue weighted by atomic mass is 32.1. The molecule has 0 spiro atoms. The van der Waals surface area contributed by atoms with Crippen molar-refractivity contribution in [1.82, 2.24) is 10.2 Å². The number of nitrogens with one attached hydrogen (secondary N) is 1. The van der Waals surface area contributed by atoms with E-state index < -0.39 is 0 Å². The predicted octanol–water partition coefficient (Wildman–Crippen LogP) is 1.02. The van der Waals surface area contributed by atoms with Crippen LogP contribution >= 0.6 is 11.3 Å². The zero-order valence-electron chi connectivity index (χ0n) is 11.4. The molecule has 5 nitrogen and oxygen atoms in total. The number of alkyl carbamates (subject to hydrolysis) is 1. The van der Waals surface area contributed by atoms with E-state index in [1.54, 1.807) is 11.3 Å². The van der Waals surface area contributed by atoms with Crippen molar-refractivity contribution < 1.29 is 14.6 Å².